The molecule has 0 saturated heterocycles. The molecule has 1 radical (unpaired) electrons. The van der Waals surface area contributed by atoms with Crippen LogP contribution in [0, 0.1) is 0 Å². The number of esters is 1. The topological polar surface area (TPSA) is 72.2 Å². The van der Waals surface area contributed by atoms with Gasteiger partial charge in [-0.15, -0.1) is 0 Å². The van der Waals surface area contributed by atoms with E-state index in [2.05, 4.69) is 0 Å². The molecule has 0 heterocycles. The maximum atomic E-state index is 10.6. The van der Waals surface area contributed by atoms with Crippen molar-refractivity contribution >= 4 is 5.97 Å². The lowest BCUT2D eigenvalue weighted by atomic mass is 9.94. The van der Waals surface area contributed by atoms with E-state index >= 15 is 0 Å². The third kappa shape index (κ3) is 9.93. The fourth-order valence-electron chi connectivity index (χ4n) is 1.52. The number of hydrogen-bond acceptors (Lipinski definition) is 3. The maximum absolute atomic E-state index is 10.6. The van der Waals surface area contributed by atoms with E-state index in [1.807, 2.05) is 20.8 Å². The Bertz CT molecular complexity index is 193. The van der Waals surface area contributed by atoms with Crippen LogP contribution in [-0.4, -0.2) is 23.7 Å². The van der Waals surface area contributed by atoms with Crippen LogP contribution < -0.4 is 5.73 Å². The van der Waals surface area contributed by atoms with E-state index in [1.165, 1.54) is 6.92 Å². The minimum Gasteiger partial charge on any atom is -0.460 e. The molecular weight excluding hydrogens is 206 g/mol. The average Bonchev–Trinajstić information content (AvgIpc) is 2.07. The van der Waals surface area contributed by atoms with Gasteiger partial charge in [0.1, 0.15) is 5.60 Å². The van der Waals surface area contributed by atoms with Crippen molar-refractivity contribution in [1.29, 1.82) is 0 Å². The Morgan fingerprint density at radius 1 is 1.19 bits per heavy atom. The Morgan fingerprint density at radius 2 is 1.62 bits per heavy atom. The summed E-state index contributed by atoms with van der Waals surface area (Å²) in [5, 5.41) is 10.6. The molecule has 0 aliphatic heterocycles. The Labute approximate surface area is 98.2 Å². The third-order valence-electron chi connectivity index (χ3n) is 2.17. The van der Waals surface area contributed by atoms with E-state index in [0.717, 1.165) is 25.7 Å². The molecule has 4 nitrogen and oxygen atoms in total. The molecule has 0 atom stereocenters. The average molecular weight is 230 g/mol. The van der Waals surface area contributed by atoms with Gasteiger partial charge >= 0.3 is 5.97 Å². The molecule has 0 bridgehead atoms. The van der Waals surface area contributed by atoms with Crippen molar-refractivity contribution in [2.75, 3.05) is 0 Å². The molecule has 0 aromatic heterocycles. The van der Waals surface area contributed by atoms with Crippen molar-refractivity contribution in [2.45, 2.75) is 71.1 Å². The Kier molecular flexibility index (Phi) is 6.60. The summed E-state index contributed by atoms with van der Waals surface area (Å²) in [6.45, 7) is 6.93. The van der Waals surface area contributed by atoms with Gasteiger partial charge in [-0.2, -0.15) is 0 Å². The zero-order chi connectivity index (χ0) is 12.8. The van der Waals surface area contributed by atoms with E-state index in [1.54, 1.807) is 0 Å². The van der Waals surface area contributed by atoms with Crippen molar-refractivity contribution in [2.24, 2.45) is 5.73 Å². The quantitative estimate of drug-likeness (QED) is 0.647. The number of nitrogens with two attached hydrogens (primary N) is 1. The van der Waals surface area contributed by atoms with Crippen LogP contribution >= 0.6 is 0 Å². The Hall–Kier alpha value is -0.610. The molecular formula is C12H24NO3. The molecule has 2 N–H and O–H groups in total. The summed E-state index contributed by atoms with van der Waals surface area (Å²) in [5.41, 5.74) is 5.23. The van der Waals surface area contributed by atoms with E-state index in [0.29, 0.717) is 6.04 Å². The van der Waals surface area contributed by atoms with Gasteiger partial charge in [0.15, 0.2) is 0 Å². The van der Waals surface area contributed by atoms with Crippen LogP contribution in [0.1, 0.15) is 53.4 Å². The molecule has 1 saturated carbocycles. The first kappa shape index (κ1) is 15.4. The number of rotatable bonds is 0. The van der Waals surface area contributed by atoms with Crippen LogP contribution in [0.5, 0.6) is 0 Å². The van der Waals surface area contributed by atoms with Gasteiger partial charge in [-0.25, -0.2) is 5.11 Å². The second-order valence-corrected chi connectivity index (χ2v) is 5.24. The highest BCUT2D eigenvalue weighted by atomic mass is 16.6. The summed E-state index contributed by atoms with van der Waals surface area (Å²) < 4.78 is 4.80. The molecule has 0 unspecified atom stereocenters. The highest BCUT2D eigenvalue weighted by Gasteiger charge is 2.16. The van der Waals surface area contributed by atoms with Crippen molar-refractivity contribution in [3.8, 4) is 0 Å². The summed E-state index contributed by atoms with van der Waals surface area (Å²) >= 11 is 0. The summed E-state index contributed by atoms with van der Waals surface area (Å²) in [4.78, 5) is 10.2. The normalized spacial score (nSPS) is 25.4. The fourth-order valence-corrected chi connectivity index (χ4v) is 1.52. The van der Waals surface area contributed by atoms with Crippen molar-refractivity contribution < 1.29 is 14.6 Å². The second kappa shape index (κ2) is 6.86. The van der Waals surface area contributed by atoms with Crippen molar-refractivity contribution in [1.82, 2.24) is 0 Å². The SMILES string of the molecule is CC(=O)OC(C)(C)C.N[C@H]1CC[C@H]([O])CC1. The molecule has 16 heavy (non-hydrogen) atoms. The molecule has 1 rings (SSSR count). The lowest BCUT2D eigenvalue weighted by Gasteiger charge is -2.19. The summed E-state index contributed by atoms with van der Waals surface area (Å²) in [5.74, 6) is -0.225. The summed E-state index contributed by atoms with van der Waals surface area (Å²) in [6.07, 6.45) is 3.15. The van der Waals surface area contributed by atoms with Gasteiger partial charge in [0.05, 0.1) is 6.10 Å². The molecule has 4 heteroatoms. The first-order valence-electron chi connectivity index (χ1n) is 5.81. The van der Waals surface area contributed by atoms with Crippen molar-refractivity contribution in [3.63, 3.8) is 0 Å². The van der Waals surface area contributed by atoms with Gasteiger partial charge in [-0.3, -0.25) is 4.79 Å². The predicted molar refractivity (Wildman–Crippen MR) is 62.4 cm³/mol. The molecule has 1 aliphatic carbocycles. The predicted octanol–water partition coefficient (Wildman–Crippen LogP) is 2.03. The fraction of sp³-hybridized carbons (Fsp3) is 0.917. The minimum atomic E-state index is -0.328. The van der Waals surface area contributed by atoms with E-state index in [4.69, 9.17) is 10.5 Å². The molecule has 0 amide bonds. The van der Waals surface area contributed by atoms with Gasteiger partial charge in [0.2, 0.25) is 0 Å². The standard InChI is InChI=1S/C6H12NO.C6H12O2/c7-5-1-3-6(8)4-2-5;1-5(7)8-6(2,3)4/h5-6H,1-4,7H2;1-4H3/t5-,6-;. The van der Waals surface area contributed by atoms with Crippen molar-refractivity contribution in [3.05, 3.63) is 0 Å². The number of carbonyl (C=O) groups excluding carboxylic acids is 1. The van der Waals surface area contributed by atoms with Gasteiger partial charge < -0.3 is 10.5 Å². The Morgan fingerprint density at radius 3 is 1.81 bits per heavy atom. The highest BCUT2D eigenvalue weighted by Crippen LogP contribution is 2.16. The first-order chi connectivity index (χ1) is 7.20. The second-order valence-electron chi connectivity index (χ2n) is 5.24. The lowest BCUT2D eigenvalue weighted by Crippen LogP contribution is -2.27. The van der Waals surface area contributed by atoms with Crippen LogP contribution in [0.25, 0.3) is 0 Å². The zero-order valence-corrected chi connectivity index (χ0v) is 10.8. The minimum absolute atomic E-state index is 0.225. The molecule has 0 spiro atoms. The number of carbonyl (C=O) groups is 1. The molecule has 0 aromatic rings. The van der Waals surface area contributed by atoms with Crippen LogP contribution in [0.15, 0.2) is 0 Å². The molecule has 1 aliphatic rings. The van der Waals surface area contributed by atoms with Gasteiger partial charge in [-0.1, -0.05) is 0 Å². The zero-order valence-electron chi connectivity index (χ0n) is 10.8. The van der Waals surface area contributed by atoms with Crippen LogP contribution in [0.3, 0.4) is 0 Å². The Balaban J connectivity index is 0.000000281. The number of hydrogen-bond donors (Lipinski definition) is 1. The number of ether oxygens (including phenoxy) is 1. The maximum Gasteiger partial charge on any atom is 0.303 e. The van der Waals surface area contributed by atoms with Crippen LogP contribution in [0.4, 0.5) is 0 Å². The monoisotopic (exact) mass is 230 g/mol. The molecule has 0 aromatic carbocycles. The van der Waals surface area contributed by atoms with E-state index in [9.17, 15) is 9.90 Å². The van der Waals surface area contributed by atoms with Gasteiger partial charge in [0.25, 0.3) is 0 Å². The first-order valence-corrected chi connectivity index (χ1v) is 5.81. The lowest BCUT2D eigenvalue weighted by molar-refractivity contribution is -0.151. The van der Waals surface area contributed by atoms with Crippen LogP contribution in [-0.2, 0) is 14.6 Å². The van der Waals surface area contributed by atoms with Crippen LogP contribution in [0.2, 0.25) is 0 Å². The van der Waals surface area contributed by atoms with E-state index < -0.39 is 0 Å². The van der Waals surface area contributed by atoms with Gasteiger partial charge in [0, 0.05) is 13.0 Å². The summed E-state index contributed by atoms with van der Waals surface area (Å²) in [6, 6.07) is 0.320. The van der Waals surface area contributed by atoms with Gasteiger partial charge in [-0.05, 0) is 46.5 Å². The molecule has 95 valence electrons. The van der Waals surface area contributed by atoms with E-state index in [-0.39, 0.29) is 17.7 Å². The highest BCUT2D eigenvalue weighted by molar-refractivity contribution is 5.66. The third-order valence-corrected chi connectivity index (χ3v) is 2.17. The smallest absolute Gasteiger partial charge is 0.303 e. The molecule has 1 fully saturated rings. The largest absolute Gasteiger partial charge is 0.460 e. The summed E-state index contributed by atoms with van der Waals surface area (Å²) in [7, 11) is 0.